The average Bonchev–Trinajstić information content (AvgIpc) is 1.77. The summed E-state index contributed by atoms with van der Waals surface area (Å²) in [7, 11) is -5.27. The summed E-state index contributed by atoms with van der Waals surface area (Å²) >= 11 is 0. The predicted octanol–water partition coefficient (Wildman–Crippen LogP) is 1.24. The summed E-state index contributed by atoms with van der Waals surface area (Å²) in [5.41, 5.74) is 0. The van der Waals surface area contributed by atoms with Crippen molar-refractivity contribution in [3.63, 3.8) is 0 Å². The molecule has 0 fully saturated rings. The van der Waals surface area contributed by atoms with Crippen LogP contribution in [0.1, 0.15) is 12.3 Å². The van der Waals surface area contributed by atoms with Crippen LogP contribution in [0.3, 0.4) is 0 Å². The smallest absolute Gasteiger partial charge is 0.0790 e. The Kier molecular flexibility index (Phi) is 0.122. The summed E-state index contributed by atoms with van der Waals surface area (Å²) in [5.74, 6) is 0. The quantitative estimate of drug-likeness (QED) is 0.419. The fraction of sp³-hybridized carbons (Fsp3) is 1.00. The Morgan fingerprint density at radius 2 is 2.00 bits per heavy atom. The number of rotatable bonds is 0. The van der Waals surface area contributed by atoms with Crippen LogP contribution in [0.25, 0.3) is 0 Å². The van der Waals surface area contributed by atoms with Gasteiger partial charge in [0.1, 0.15) is 0 Å². The summed E-state index contributed by atoms with van der Waals surface area (Å²) < 4.78 is 72.3. The van der Waals surface area contributed by atoms with Gasteiger partial charge in [-0.3, -0.25) is 0 Å². The van der Waals surface area contributed by atoms with Crippen molar-refractivity contribution < 1.29 is 16.9 Å². The van der Waals surface area contributed by atoms with E-state index in [-0.39, 0.29) is 0 Å². The van der Waals surface area contributed by atoms with E-state index >= 15 is 0 Å². The van der Waals surface area contributed by atoms with Crippen molar-refractivity contribution in [3.05, 3.63) is 0 Å². The first-order chi connectivity index (χ1) is 5.75. The van der Waals surface area contributed by atoms with Gasteiger partial charge in [0, 0.05) is 12.3 Å². The molecule has 5 heavy (non-hydrogen) atoms. The molecule has 0 spiro atoms. The molecule has 32 valence electrons. The first kappa shape index (κ1) is 0.535. The van der Waals surface area contributed by atoms with Crippen LogP contribution in [-0.4, -0.2) is 19.8 Å². The lowest BCUT2D eigenvalue weighted by molar-refractivity contribution is 0.586. The number of hydrogen-bond acceptors (Lipinski definition) is 1. The molecule has 0 N–H and O–H groups in total. The number of hydrogen-bond donors (Lipinski definition) is 0. The zero-order chi connectivity index (χ0) is 12.0. The summed E-state index contributed by atoms with van der Waals surface area (Å²) in [6, 6.07) is 0. The average molecular weight is 101 g/mol. The van der Waals surface area contributed by atoms with E-state index in [0.29, 0.717) is 0 Å². The molecule has 0 atom stereocenters. The van der Waals surface area contributed by atoms with Gasteiger partial charge in [-0.1, -0.05) is 0 Å². The zero-order valence-corrected chi connectivity index (χ0v) is 3.25. The summed E-state index contributed by atoms with van der Waals surface area (Å²) in [6.07, 6.45) is 0. The molecular formula is C3H9OP. The van der Waals surface area contributed by atoms with Crippen LogP contribution < -0.4 is 0 Å². The maximum absolute atomic E-state index is 11.6. The molecule has 0 aliphatic carbocycles. The van der Waals surface area contributed by atoms with E-state index in [1.807, 2.05) is 0 Å². The Hall–Kier alpha value is 0.230. The minimum absolute atomic E-state index is 3.50. The van der Waals surface area contributed by atoms with E-state index in [2.05, 4.69) is 0 Å². The Balaban J connectivity index is 5.69. The van der Waals surface area contributed by atoms with E-state index in [0.717, 1.165) is 0 Å². The molecule has 0 amide bonds. The summed E-state index contributed by atoms with van der Waals surface area (Å²) in [4.78, 5) is 0. The molecule has 0 aliphatic heterocycles. The second-order valence-corrected chi connectivity index (χ2v) is 1.83. The predicted molar refractivity (Wildman–Crippen MR) is 25.4 cm³/mol. The van der Waals surface area contributed by atoms with Crippen LogP contribution in [0.4, 0.5) is 0 Å². The largest absolute Gasteiger partial charge is 0.324 e. The minimum atomic E-state index is -5.27. The van der Waals surface area contributed by atoms with Gasteiger partial charge in [-0.2, -0.15) is 0 Å². The van der Waals surface area contributed by atoms with Crippen molar-refractivity contribution in [1.29, 1.82) is 0 Å². The molecular weight excluding hydrogens is 83.0 g/mol. The molecule has 0 rings (SSSR count). The molecule has 0 saturated heterocycles. The highest BCUT2D eigenvalue weighted by Gasteiger charge is 1.89. The highest BCUT2D eigenvalue weighted by molar-refractivity contribution is 7.61. The van der Waals surface area contributed by atoms with Crippen molar-refractivity contribution in [2.75, 3.05) is 19.8 Å². The normalized spacial score (nSPS) is 46.0. The standard InChI is InChI=1S/C3H9OP/c1-5(2,3)4/h1-3H3/i1D3,2D3,3D3. The van der Waals surface area contributed by atoms with Crippen LogP contribution >= 0.6 is 7.14 Å². The van der Waals surface area contributed by atoms with Gasteiger partial charge in [0.25, 0.3) is 0 Å². The Morgan fingerprint density at radius 3 is 2.00 bits per heavy atom. The topological polar surface area (TPSA) is 17.1 Å². The second-order valence-electron chi connectivity index (χ2n) is 0.609. The van der Waals surface area contributed by atoms with Gasteiger partial charge in [-0.25, -0.2) is 0 Å². The van der Waals surface area contributed by atoms with Crippen LogP contribution in [0.2, 0.25) is 0 Å². The lowest BCUT2D eigenvalue weighted by Crippen LogP contribution is -1.61. The van der Waals surface area contributed by atoms with Crippen LogP contribution in [0.5, 0.6) is 0 Å². The third kappa shape index (κ3) is 398. The monoisotopic (exact) mass is 101 g/mol. The third-order valence-corrected chi connectivity index (χ3v) is 0. The summed E-state index contributed by atoms with van der Waals surface area (Å²) in [5, 5.41) is 0. The molecule has 1 nitrogen and oxygen atoms in total. The molecule has 0 radical (unpaired) electrons. The molecule has 0 saturated carbocycles. The summed E-state index contributed by atoms with van der Waals surface area (Å²) in [6.45, 7) is -10.5. The van der Waals surface area contributed by atoms with Crippen molar-refractivity contribution in [2.45, 2.75) is 0 Å². The molecule has 0 unspecified atom stereocenters. The van der Waals surface area contributed by atoms with E-state index < -0.39 is 26.9 Å². The van der Waals surface area contributed by atoms with Gasteiger partial charge in [-0.15, -0.1) is 0 Å². The fourth-order valence-corrected chi connectivity index (χ4v) is 0. The SMILES string of the molecule is [2H]C([2H])([2H])P(=O)(C([2H])([2H])[2H])C([2H])([2H])[2H]. The first-order valence-corrected chi connectivity index (χ1v) is 2.56. The van der Waals surface area contributed by atoms with E-state index in [1.54, 1.807) is 0 Å². The van der Waals surface area contributed by atoms with Crippen LogP contribution in [0, 0.1) is 0 Å². The van der Waals surface area contributed by atoms with E-state index in [1.165, 1.54) is 0 Å². The Morgan fingerprint density at radius 1 is 1.60 bits per heavy atom. The minimum Gasteiger partial charge on any atom is -0.324 e. The van der Waals surface area contributed by atoms with Gasteiger partial charge < -0.3 is 4.57 Å². The van der Waals surface area contributed by atoms with E-state index in [4.69, 9.17) is 12.3 Å². The molecule has 0 aliphatic rings. The highest BCUT2D eigenvalue weighted by atomic mass is 31.2. The second kappa shape index (κ2) is 1.14. The molecule has 0 heterocycles. The van der Waals surface area contributed by atoms with Crippen molar-refractivity contribution in [1.82, 2.24) is 0 Å². The van der Waals surface area contributed by atoms with Gasteiger partial charge in [-0.05, 0) is 19.8 Å². The van der Waals surface area contributed by atoms with Crippen molar-refractivity contribution >= 4 is 7.14 Å². The molecule has 2 heteroatoms. The molecule has 0 aromatic heterocycles. The van der Waals surface area contributed by atoms with Gasteiger partial charge in [0.2, 0.25) is 0 Å². The van der Waals surface area contributed by atoms with E-state index in [9.17, 15) is 4.57 Å². The maximum atomic E-state index is 11.6. The fourth-order valence-electron chi connectivity index (χ4n) is 0. The molecule has 0 aromatic carbocycles. The van der Waals surface area contributed by atoms with Gasteiger partial charge in [0.15, 0.2) is 0 Å². The lowest BCUT2D eigenvalue weighted by Gasteiger charge is -1.86. The maximum Gasteiger partial charge on any atom is 0.0790 e. The van der Waals surface area contributed by atoms with Crippen LogP contribution in [-0.2, 0) is 4.57 Å². The van der Waals surface area contributed by atoms with Gasteiger partial charge >= 0.3 is 0 Å². The first-order valence-electron chi connectivity index (χ1n) is 5.35. The lowest BCUT2D eigenvalue weighted by atomic mass is 11.9. The third-order valence-electron chi connectivity index (χ3n) is 0. The van der Waals surface area contributed by atoms with Crippen molar-refractivity contribution in [3.8, 4) is 0 Å². The zero-order valence-electron chi connectivity index (χ0n) is 11.4. The van der Waals surface area contributed by atoms with Crippen molar-refractivity contribution in [2.24, 2.45) is 0 Å². The van der Waals surface area contributed by atoms with Gasteiger partial charge in [0.05, 0.1) is 7.14 Å². The molecule has 0 aromatic rings. The Labute approximate surface area is 45.4 Å². The highest BCUT2D eigenvalue weighted by Crippen LogP contribution is 2.28. The molecule has 0 bridgehead atoms. The van der Waals surface area contributed by atoms with Crippen LogP contribution in [0.15, 0.2) is 0 Å². The Bertz CT molecular complexity index is 212.